The van der Waals surface area contributed by atoms with Crippen LogP contribution in [0.1, 0.15) is 37.7 Å². The fourth-order valence-corrected chi connectivity index (χ4v) is 2.61. The maximum absolute atomic E-state index is 5.56. The maximum Gasteiger partial charge on any atom is 0.103 e. The molecule has 1 fully saturated rings. The highest BCUT2D eigenvalue weighted by molar-refractivity contribution is 7.80. The first-order chi connectivity index (χ1) is 8.25. The molecule has 0 aromatic heterocycles. The molecule has 1 aromatic rings. The van der Waals surface area contributed by atoms with E-state index in [9.17, 15) is 0 Å². The lowest BCUT2D eigenvalue weighted by molar-refractivity contribution is 0.518. The molecule has 0 spiro atoms. The molecule has 1 aliphatic carbocycles. The van der Waals surface area contributed by atoms with Crippen LogP contribution >= 0.6 is 12.2 Å². The Morgan fingerprint density at radius 1 is 1.24 bits per heavy atom. The summed E-state index contributed by atoms with van der Waals surface area (Å²) in [7, 11) is 0. The van der Waals surface area contributed by atoms with E-state index < -0.39 is 0 Å². The van der Waals surface area contributed by atoms with Crippen molar-refractivity contribution in [1.29, 1.82) is 0 Å². The molecule has 2 nitrogen and oxygen atoms in total. The van der Waals surface area contributed by atoms with Crippen molar-refractivity contribution in [1.82, 2.24) is 0 Å². The quantitative estimate of drug-likeness (QED) is 0.785. The minimum absolute atomic E-state index is 0.461. The van der Waals surface area contributed by atoms with Crippen LogP contribution in [0, 0.1) is 5.92 Å². The largest absolute Gasteiger partial charge is 0.389 e. The van der Waals surface area contributed by atoms with E-state index in [2.05, 4.69) is 5.32 Å². The Kier molecular flexibility index (Phi) is 4.37. The van der Waals surface area contributed by atoms with Gasteiger partial charge in [0.2, 0.25) is 0 Å². The number of hydrogen-bond acceptors (Lipinski definition) is 2. The van der Waals surface area contributed by atoms with Crippen LogP contribution in [0.2, 0.25) is 0 Å². The van der Waals surface area contributed by atoms with Crippen molar-refractivity contribution in [2.24, 2.45) is 11.7 Å². The molecule has 0 unspecified atom stereocenters. The summed E-state index contributed by atoms with van der Waals surface area (Å²) in [5.41, 5.74) is 7.65. The summed E-state index contributed by atoms with van der Waals surface area (Å²) in [6, 6.07) is 8.03. The second-order valence-corrected chi connectivity index (χ2v) is 5.25. The lowest BCUT2D eigenvalue weighted by atomic mass is 10.0. The Labute approximate surface area is 109 Å². The van der Waals surface area contributed by atoms with Gasteiger partial charge in [0, 0.05) is 17.8 Å². The van der Waals surface area contributed by atoms with E-state index in [0.717, 1.165) is 23.7 Å². The summed E-state index contributed by atoms with van der Waals surface area (Å²) >= 11 is 4.92. The van der Waals surface area contributed by atoms with E-state index in [4.69, 9.17) is 18.0 Å². The van der Waals surface area contributed by atoms with E-state index >= 15 is 0 Å². The molecular formula is C14H20N2S. The van der Waals surface area contributed by atoms with E-state index in [-0.39, 0.29) is 0 Å². The molecule has 0 radical (unpaired) electrons. The van der Waals surface area contributed by atoms with Crippen LogP contribution < -0.4 is 11.1 Å². The van der Waals surface area contributed by atoms with Gasteiger partial charge in [0.15, 0.2) is 0 Å². The average molecular weight is 248 g/mol. The van der Waals surface area contributed by atoms with Crippen molar-refractivity contribution in [2.45, 2.75) is 32.1 Å². The number of hydrogen-bond donors (Lipinski definition) is 2. The molecule has 2 rings (SSSR count). The summed E-state index contributed by atoms with van der Waals surface area (Å²) in [6.45, 7) is 1.07. The van der Waals surface area contributed by atoms with Crippen LogP contribution in [-0.2, 0) is 0 Å². The molecule has 0 atom stereocenters. The number of thiocarbonyl (C=S) groups is 1. The molecular weight excluding hydrogens is 228 g/mol. The fourth-order valence-electron chi connectivity index (χ4n) is 2.47. The van der Waals surface area contributed by atoms with Gasteiger partial charge in [0.25, 0.3) is 0 Å². The SMILES string of the molecule is NC(=S)c1ccc(NCCC2CCCC2)cc1. The number of anilines is 1. The smallest absolute Gasteiger partial charge is 0.103 e. The highest BCUT2D eigenvalue weighted by atomic mass is 32.1. The molecule has 3 N–H and O–H groups in total. The van der Waals surface area contributed by atoms with Crippen molar-refractivity contribution in [3.8, 4) is 0 Å². The van der Waals surface area contributed by atoms with Crippen molar-refractivity contribution in [2.75, 3.05) is 11.9 Å². The molecule has 1 aliphatic rings. The molecule has 0 bridgehead atoms. The minimum Gasteiger partial charge on any atom is -0.389 e. The summed E-state index contributed by atoms with van der Waals surface area (Å²) in [5.74, 6) is 0.943. The van der Waals surface area contributed by atoms with Crippen LogP contribution in [0.3, 0.4) is 0 Å². The Bertz CT molecular complexity index is 366. The Balaban J connectivity index is 1.76. The summed E-state index contributed by atoms with van der Waals surface area (Å²) < 4.78 is 0. The summed E-state index contributed by atoms with van der Waals surface area (Å²) in [4.78, 5) is 0.461. The molecule has 92 valence electrons. The lowest BCUT2D eigenvalue weighted by Crippen LogP contribution is -2.10. The van der Waals surface area contributed by atoms with E-state index in [1.54, 1.807) is 0 Å². The number of benzene rings is 1. The lowest BCUT2D eigenvalue weighted by Gasteiger charge is -2.11. The molecule has 0 amide bonds. The normalized spacial score (nSPS) is 16.0. The van der Waals surface area contributed by atoms with Gasteiger partial charge in [-0.3, -0.25) is 0 Å². The minimum atomic E-state index is 0.461. The summed E-state index contributed by atoms with van der Waals surface area (Å²) in [5, 5.41) is 3.45. The van der Waals surface area contributed by atoms with Gasteiger partial charge in [-0.25, -0.2) is 0 Å². The van der Waals surface area contributed by atoms with E-state index in [0.29, 0.717) is 4.99 Å². The monoisotopic (exact) mass is 248 g/mol. The van der Waals surface area contributed by atoms with E-state index in [1.807, 2.05) is 24.3 Å². The van der Waals surface area contributed by atoms with E-state index in [1.165, 1.54) is 32.1 Å². The molecule has 0 saturated heterocycles. The van der Waals surface area contributed by atoms with Gasteiger partial charge in [-0.2, -0.15) is 0 Å². The van der Waals surface area contributed by atoms with Crippen molar-refractivity contribution in [3.63, 3.8) is 0 Å². The van der Waals surface area contributed by atoms with Crippen LogP contribution in [0.4, 0.5) is 5.69 Å². The van der Waals surface area contributed by atoms with Crippen LogP contribution in [0.15, 0.2) is 24.3 Å². The number of nitrogens with one attached hydrogen (secondary N) is 1. The van der Waals surface area contributed by atoms with Gasteiger partial charge in [0.05, 0.1) is 0 Å². The maximum atomic E-state index is 5.56. The second-order valence-electron chi connectivity index (χ2n) is 4.81. The molecule has 1 aromatic carbocycles. The third-order valence-electron chi connectivity index (χ3n) is 3.53. The first-order valence-corrected chi connectivity index (χ1v) is 6.80. The highest BCUT2D eigenvalue weighted by Gasteiger charge is 2.13. The van der Waals surface area contributed by atoms with Gasteiger partial charge in [-0.1, -0.05) is 37.9 Å². The highest BCUT2D eigenvalue weighted by Crippen LogP contribution is 2.27. The second kappa shape index (κ2) is 6.01. The van der Waals surface area contributed by atoms with Crippen LogP contribution in [0.25, 0.3) is 0 Å². The van der Waals surface area contributed by atoms with Gasteiger partial charge in [0.1, 0.15) is 4.99 Å². The zero-order chi connectivity index (χ0) is 12.1. The first kappa shape index (κ1) is 12.4. The van der Waals surface area contributed by atoms with Crippen molar-refractivity contribution >= 4 is 22.9 Å². The van der Waals surface area contributed by atoms with Gasteiger partial charge >= 0.3 is 0 Å². The predicted octanol–water partition coefficient (Wildman–Crippen LogP) is 3.31. The Hall–Kier alpha value is -1.09. The predicted molar refractivity (Wildman–Crippen MR) is 77.4 cm³/mol. The first-order valence-electron chi connectivity index (χ1n) is 6.39. The number of rotatable bonds is 5. The van der Waals surface area contributed by atoms with Crippen molar-refractivity contribution in [3.05, 3.63) is 29.8 Å². The third-order valence-corrected chi connectivity index (χ3v) is 3.76. The van der Waals surface area contributed by atoms with Crippen molar-refractivity contribution < 1.29 is 0 Å². The molecule has 3 heteroatoms. The third kappa shape index (κ3) is 3.70. The van der Waals surface area contributed by atoms with Crippen LogP contribution in [0.5, 0.6) is 0 Å². The molecule has 0 heterocycles. The zero-order valence-corrected chi connectivity index (χ0v) is 10.9. The van der Waals surface area contributed by atoms with Gasteiger partial charge in [-0.15, -0.1) is 0 Å². The zero-order valence-electron chi connectivity index (χ0n) is 10.1. The fraction of sp³-hybridized carbons (Fsp3) is 0.500. The molecule has 0 aliphatic heterocycles. The topological polar surface area (TPSA) is 38.0 Å². The molecule has 17 heavy (non-hydrogen) atoms. The standard InChI is InChI=1S/C14H20N2S/c15-14(17)12-5-7-13(8-6-12)16-10-9-11-3-1-2-4-11/h5-8,11,16H,1-4,9-10H2,(H2,15,17). The number of nitrogens with two attached hydrogens (primary N) is 1. The Morgan fingerprint density at radius 2 is 1.88 bits per heavy atom. The van der Waals surface area contributed by atoms with Crippen LogP contribution in [-0.4, -0.2) is 11.5 Å². The summed E-state index contributed by atoms with van der Waals surface area (Å²) in [6.07, 6.45) is 6.97. The van der Waals surface area contributed by atoms with Gasteiger partial charge in [-0.05, 0) is 36.6 Å². The average Bonchev–Trinajstić information content (AvgIpc) is 2.83. The Morgan fingerprint density at radius 3 is 2.47 bits per heavy atom. The van der Waals surface area contributed by atoms with Gasteiger partial charge < -0.3 is 11.1 Å². The molecule has 1 saturated carbocycles.